The monoisotopic (exact) mass is 639 g/mol. The summed E-state index contributed by atoms with van der Waals surface area (Å²) in [7, 11) is 0. The van der Waals surface area contributed by atoms with Gasteiger partial charge in [0.15, 0.2) is 4.34 Å². The summed E-state index contributed by atoms with van der Waals surface area (Å²) in [4.78, 5) is 28.4. The summed E-state index contributed by atoms with van der Waals surface area (Å²) in [6, 6.07) is 20.2. The standard InChI is InChI=1S/C31H27Cl2N3O4S2/c1-18(2)14-15-40-24-5-3-4-21(16-24)26-25(27(37)20-8-12-23(33)13-9-20)28(38)29(39)36(26)30-34-35-31(42-30)41-17-19-6-10-22(32)11-7-19/h3-13,16,18,26,37H,14-15,17H2,1-2H3. The number of benzene rings is 3. The number of aromatic nitrogens is 2. The molecule has 0 aliphatic carbocycles. The van der Waals surface area contributed by atoms with E-state index in [0.29, 0.717) is 49.5 Å². The van der Waals surface area contributed by atoms with Gasteiger partial charge in [-0.25, -0.2) is 0 Å². The maximum atomic E-state index is 13.5. The van der Waals surface area contributed by atoms with Gasteiger partial charge in [-0.2, -0.15) is 0 Å². The summed E-state index contributed by atoms with van der Waals surface area (Å²) in [5.41, 5.74) is 1.96. The highest BCUT2D eigenvalue weighted by atomic mass is 35.5. The molecular formula is C31H27Cl2N3O4S2. The first kappa shape index (κ1) is 30.1. The van der Waals surface area contributed by atoms with Crippen LogP contribution < -0.4 is 9.64 Å². The van der Waals surface area contributed by atoms with Crippen LogP contribution in [-0.2, 0) is 15.3 Å². The molecule has 216 valence electrons. The summed E-state index contributed by atoms with van der Waals surface area (Å²) < 4.78 is 6.60. The SMILES string of the molecule is CC(C)CCOc1cccc(C2C(=C(O)c3ccc(Cl)cc3)C(=O)C(=O)N2c2nnc(SCc3ccc(Cl)cc3)s2)c1. The van der Waals surface area contributed by atoms with E-state index in [-0.39, 0.29) is 16.5 Å². The molecular weight excluding hydrogens is 613 g/mol. The average Bonchev–Trinajstić information content (AvgIpc) is 3.54. The van der Waals surface area contributed by atoms with Gasteiger partial charge in [0.05, 0.1) is 18.2 Å². The minimum Gasteiger partial charge on any atom is -0.507 e. The Hall–Kier alpha value is -3.37. The largest absolute Gasteiger partial charge is 0.507 e. The van der Waals surface area contributed by atoms with Gasteiger partial charge in [-0.15, -0.1) is 10.2 Å². The first-order chi connectivity index (χ1) is 20.2. The number of ether oxygens (including phenoxy) is 1. The van der Waals surface area contributed by atoms with Crippen LogP contribution in [-0.4, -0.2) is 33.6 Å². The van der Waals surface area contributed by atoms with Crippen molar-refractivity contribution in [3.05, 3.63) is 105 Å². The molecule has 5 rings (SSSR count). The second-order valence-corrected chi connectivity index (χ2v) is 13.1. The minimum atomic E-state index is -0.948. The van der Waals surface area contributed by atoms with Crippen LogP contribution in [0.5, 0.6) is 5.75 Å². The van der Waals surface area contributed by atoms with Crippen molar-refractivity contribution in [3.8, 4) is 5.75 Å². The lowest BCUT2D eigenvalue weighted by Gasteiger charge is -2.23. The highest BCUT2D eigenvalue weighted by molar-refractivity contribution is 8.00. The normalized spacial score (nSPS) is 16.4. The molecule has 1 fully saturated rings. The van der Waals surface area contributed by atoms with Gasteiger partial charge in [0, 0.05) is 21.4 Å². The Kier molecular flexibility index (Phi) is 9.53. The molecule has 42 heavy (non-hydrogen) atoms. The van der Waals surface area contributed by atoms with Crippen LogP contribution in [0.2, 0.25) is 10.0 Å². The number of rotatable bonds is 10. The van der Waals surface area contributed by atoms with Gasteiger partial charge in [0.1, 0.15) is 11.5 Å². The number of aliphatic hydroxyl groups is 1. The topological polar surface area (TPSA) is 92.6 Å². The smallest absolute Gasteiger partial charge is 0.301 e. The lowest BCUT2D eigenvalue weighted by atomic mass is 9.95. The van der Waals surface area contributed by atoms with E-state index in [1.807, 2.05) is 30.3 Å². The average molecular weight is 641 g/mol. The second kappa shape index (κ2) is 13.3. The fourth-order valence-corrected chi connectivity index (χ4v) is 6.45. The fraction of sp³-hybridized carbons (Fsp3) is 0.226. The van der Waals surface area contributed by atoms with E-state index in [0.717, 1.165) is 12.0 Å². The molecule has 2 heterocycles. The maximum absolute atomic E-state index is 13.5. The molecule has 3 aromatic carbocycles. The Bertz CT molecular complexity index is 1620. The van der Waals surface area contributed by atoms with Crippen LogP contribution in [0.15, 0.2) is 82.7 Å². The van der Waals surface area contributed by atoms with Crippen molar-refractivity contribution in [2.45, 2.75) is 36.4 Å². The van der Waals surface area contributed by atoms with Crippen molar-refractivity contribution in [2.75, 3.05) is 11.5 Å². The number of anilines is 1. The molecule has 11 heteroatoms. The third-order valence-corrected chi connectivity index (χ3v) is 9.21. The fourth-order valence-electron chi connectivity index (χ4n) is 4.38. The molecule has 1 amide bonds. The highest BCUT2D eigenvalue weighted by Gasteiger charge is 2.48. The third kappa shape index (κ3) is 6.81. The van der Waals surface area contributed by atoms with Gasteiger partial charge in [-0.3, -0.25) is 14.5 Å². The van der Waals surface area contributed by atoms with Gasteiger partial charge < -0.3 is 9.84 Å². The van der Waals surface area contributed by atoms with E-state index in [1.54, 1.807) is 42.5 Å². The number of carbonyl (C=O) groups is 2. The van der Waals surface area contributed by atoms with E-state index in [1.165, 1.54) is 28.0 Å². The molecule has 1 aromatic heterocycles. The van der Waals surface area contributed by atoms with E-state index in [2.05, 4.69) is 24.0 Å². The minimum absolute atomic E-state index is 0.0489. The molecule has 1 atom stereocenters. The van der Waals surface area contributed by atoms with Crippen molar-refractivity contribution >= 4 is 68.9 Å². The molecule has 0 saturated carbocycles. The lowest BCUT2D eigenvalue weighted by Crippen LogP contribution is -2.29. The number of Topliss-reactive ketones (excluding diaryl/α,β-unsaturated/α-hetero) is 1. The van der Waals surface area contributed by atoms with Gasteiger partial charge >= 0.3 is 5.91 Å². The van der Waals surface area contributed by atoms with E-state index >= 15 is 0 Å². The summed E-state index contributed by atoms with van der Waals surface area (Å²) >= 11 is 14.7. The summed E-state index contributed by atoms with van der Waals surface area (Å²) in [5, 5.41) is 21.3. The number of halogens is 2. The van der Waals surface area contributed by atoms with E-state index < -0.39 is 17.7 Å². The number of aliphatic hydroxyl groups excluding tert-OH is 1. The van der Waals surface area contributed by atoms with Crippen LogP contribution in [0, 0.1) is 5.92 Å². The van der Waals surface area contributed by atoms with Crippen molar-refractivity contribution in [1.29, 1.82) is 0 Å². The molecule has 0 bridgehead atoms. The zero-order chi connectivity index (χ0) is 29.8. The molecule has 1 aliphatic rings. The van der Waals surface area contributed by atoms with Gasteiger partial charge in [-0.1, -0.05) is 84.4 Å². The zero-order valence-electron chi connectivity index (χ0n) is 22.8. The Morgan fingerprint density at radius 3 is 2.40 bits per heavy atom. The Labute approximate surface area is 262 Å². The lowest BCUT2D eigenvalue weighted by molar-refractivity contribution is -0.132. The molecule has 4 aromatic rings. The molecule has 7 nitrogen and oxygen atoms in total. The summed E-state index contributed by atoms with van der Waals surface area (Å²) in [6.45, 7) is 4.76. The zero-order valence-corrected chi connectivity index (χ0v) is 25.9. The molecule has 1 N–H and O–H groups in total. The number of carbonyl (C=O) groups excluding carboxylic acids is 2. The number of hydrogen-bond donors (Lipinski definition) is 1. The van der Waals surface area contributed by atoms with E-state index in [9.17, 15) is 14.7 Å². The summed E-state index contributed by atoms with van der Waals surface area (Å²) in [5.74, 6) is -0.215. The Morgan fingerprint density at radius 2 is 1.71 bits per heavy atom. The predicted octanol–water partition coefficient (Wildman–Crippen LogP) is 8.19. The van der Waals surface area contributed by atoms with Gasteiger partial charge in [-0.05, 0) is 72.0 Å². The number of thioether (sulfide) groups is 1. The van der Waals surface area contributed by atoms with E-state index in [4.69, 9.17) is 27.9 Å². The number of nitrogens with zero attached hydrogens (tertiary/aromatic N) is 3. The Morgan fingerprint density at radius 1 is 1.02 bits per heavy atom. The van der Waals surface area contributed by atoms with Crippen LogP contribution in [0.3, 0.4) is 0 Å². The number of hydrogen-bond acceptors (Lipinski definition) is 8. The molecule has 0 radical (unpaired) electrons. The third-order valence-electron chi connectivity index (χ3n) is 6.58. The molecule has 1 unspecified atom stereocenters. The quantitative estimate of drug-likeness (QED) is 0.0614. The molecule has 1 saturated heterocycles. The predicted molar refractivity (Wildman–Crippen MR) is 169 cm³/mol. The number of ketones is 1. The van der Waals surface area contributed by atoms with Crippen LogP contribution in [0.4, 0.5) is 5.13 Å². The van der Waals surface area contributed by atoms with Gasteiger partial charge in [0.25, 0.3) is 5.78 Å². The van der Waals surface area contributed by atoms with Crippen LogP contribution in [0.1, 0.15) is 43.0 Å². The Balaban J connectivity index is 1.52. The molecule has 0 spiro atoms. The maximum Gasteiger partial charge on any atom is 0.301 e. The first-order valence-electron chi connectivity index (χ1n) is 13.2. The van der Waals surface area contributed by atoms with Crippen molar-refractivity contribution in [3.63, 3.8) is 0 Å². The second-order valence-electron chi connectivity index (χ2n) is 10.0. The highest BCUT2D eigenvalue weighted by Crippen LogP contribution is 2.44. The number of amides is 1. The van der Waals surface area contributed by atoms with Crippen molar-refractivity contribution in [2.24, 2.45) is 5.92 Å². The van der Waals surface area contributed by atoms with Crippen molar-refractivity contribution in [1.82, 2.24) is 10.2 Å². The van der Waals surface area contributed by atoms with Crippen LogP contribution in [0.25, 0.3) is 5.76 Å². The van der Waals surface area contributed by atoms with Crippen LogP contribution >= 0.6 is 46.3 Å². The summed E-state index contributed by atoms with van der Waals surface area (Å²) in [6.07, 6.45) is 0.876. The first-order valence-corrected chi connectivity index (χ1v) is 15.8. The molecule has 1 aliphatic heterocycles. The van der Waals surface area contributed by atoms with Crippen molar-refractivity contribution < 1.29 is 19.4 Å². The van der Waals surface area contributed by atoms with Gasteiger partial charge in [0.2, 0.25) is 5.13 Å².